The lowest BCUT2D eigenvalue weighted by Gasteiger charge is -1.97. The average molecular weight is 286 g/mol. The van der Waals surface area contributed by atoms with Crippen molar-refractivity contribution in [2.45, 2.75) is 39.0 Å². The summed E-state index contributed by atoms with van der Waals surface area (Å²) in [5, 5.41) is 14.3. The molecule has 0 unspecified atom stereocenters. The Morgan fingerprint density at radius 2 is 1.95 bits per heavy atom. The minimum atomic E-state index is 0.778. The molecule has 4 nitrogen and oxygen atoms in total. The molecule has 2 aromatic heterocycles. The fourth-order valence-electron chi connectivity index (χ4n) is 2.21. The second-order valence-electron chi connectivity index (χ2n) is 4.93. The van der Waals surface area contributed by atoms with Crippen LogP contribution in [0.1, 0.15) is 42.6 Å². The molecule has 3 rings (SSSR count). The van der Waals surface area contributed by atoms with E-state index in [1.165, 1.54) is 24.8 Å². The van der Waals surface area contributed by atoms with Crippen LogP contribution in [0.15, 0.2) is 30.3 Å². The van der Waals surface area contributed by atoms with E-state index in [9.17, 15) is 0 Å². The van der Waals surface area contributed by atoms with E-state index in [2.05, 4.69) is 34.4 Å². The molecule has 0 aliphatic carbocycles. The van der Waals surface area contributed by atoms with Gasteiger partial charge in [-0.1, -0.05) is 61.4 Å². The van der Waals surface area contributed by atoms with Crippen molar-refractivity contribution in [3.8, 4) is 0 Å². The van der Waals surface area contributed by atoms with Crippen LogP contribution in [0.3, 0.4) is 0 Å². The van der Waals surface area contributed by atoms with Gasteiger partial charge in [0.1, 0.15) is 5.01 Å². The van der Waals surface area contributed by atoms with E-state index < -0.39 is 0 Å². The van der Waals surface area contributed by atoms with Crippen molar-refractivity contribution >= 4 is 16.3 Å². The Hall–Kier alpha value is -1.75. The maximum Gasteiger partial charge on any atom is 0.234 e. The van der Waals surface area contributed by atoms with Gasteiger partial charge in [0.25, 0.3) is 0 Å². The van der Waals surface area contributed by atoms with Crippen LogP contribution >= 0.6 is 11.3 Å². The fraction of sp³-hybridized carbons (Fsp3) is 0.400. The Morgan fingerprint density at radius 3 is 2.75 bits per heavy atom. The summed E-state index contributed by atoms with van der Waals surface area (Å²) in [5.41, 5.74) is 1.24. The average Bonchev–Trinajstić information content (AvgIpc) is 3.02. The van der Waals surface area contributed by atoms with Gasteiger partial charge in [-0.3, -0.25) is 0 Å². The van der Waals surface area contributed by atoms with Crippen molar-refractivity contribution in [3.05, 3.63) is 46.7 Å². The normalized spacial score (nSPS) is 11.2. The highest BCUT2D eigenvalue weighted by Gasteiger charge is 2.11. The van der Waals surface area contributed by atoms with Crippen LogP contribution < -0.4 is 0 Å². The van der Waals surface area contributed by atoms with Crippen molar-refractivity contribution in [1.82, 2.24) is 19.8 Å². The summed E-state index contributed by atoms with van der Waals surface area (Å²) in [5.74, 6) is 0.921. The summed E-state index contributed by atoms with van der Waals surface area (Å²) < 4.78 is 1.90. The summed E-state index contributed by atoms with van der Waals surface area (Å²) in [4.78, 5) is 0.905. The van der Waals surface area contributed by atoms with Crippen LogP contribution in [0.5, 0.6) is 0 Å². The molecule has 0 radical (unpaired) electrons. The number of nitrogens with zero attached hydrogens (tertiary/aromatic N) is 4. The number of aromatic nitrogens is 4. The summed E-state index contributed by atoms with van der Waals surface area (Å²) in [6.07, 6.45) is 5.53. The topological polar surface area (TPSA) is 43.1 Å². The second kappa shape index (κ2) is 6.13. The highest BCUT2D eigenvalue weighted by molar-refractivity contribution is 7.16. The molecular weight excluding hydrogens is 268 g/mol. The Balaban J connectivity index is 1.78. The highest BCUT2D eigenvalue weighted by Crippen LogP contribution is 2.17. The van der Waals surface area contributed by atoms with Crippen molar-refractivity contribution in [2.24, 2.45) is 0 Å². The standard InChI is InChI=1S/C15H18N4S/c1-2-3-5-10-14-18-19-13(16-17-15(19)20-14)11-12-8-6-4-7-9-12/h4,6-9H,2-3,5,10-11H2,1H3. The Kier molecular flexibility index (Phi) is 4.06. The zero-order valence-corrected chi connectivity index (χ0v) is 12.4. The van der Waals surface area contributed by atoms with Crippen LogP contribution in [0.4, 0.5) is 0 Å². The molecule has 5 heteroatoms. The van der Waals surface area contributed by atoms with Crippen molar-refractivity contribution in [3.63, 3.8) is 0 Å². The van der Waals surface area contributed by atoms with E-state index in [4.69, 9.17) is 0 Å². The number of hydrogen-bond acceptors (Lipinski definition) is 4. The van der Waals surface area contributed by atoms with Crippen LogP contribution in [0.2, 0.25) is 0 Å². The molecule has 0 spiro atoms. The number of fused-ring (bicyclic) bond motifs is 1. The van der Waals surface area contributed by atoms with Crippen LogP contribution in [-0.4, -0.2) is 19.8 Å². The van der Waals surface area contributed by atoms with Crippen LogP contribution in [0.25, 0.3) is 4.96 Å². The minimum absolute atomic E-state index is 0.778. The van der Waals surface area contributed by atoms with E-state index in [1.54, 1.807) is 11.3 Å². The maximum absolute atomic E-state index is 4.65. The van der Waals surface area contributed by atoms with Gasteiger partial charge in [0.05, 0.1) is 0 Å². The third-order valence-corrected chi connectivity index (χ3v) is 4.26. The van der Waals surface area contributed by atoms with Gasteiger partial charge in [-0.15, -0.1) is 10.2 Å². The largest absolute Gasteiger partial charge is 0.234 e. The van der Waals surface area contributed by atoms with Gasteiger partial charge in [0.2, 0.25) is 4.96 Å². The van der Waals surface area contributed by atoms with E-state index in [-0.39, 0.29) is 0 Å². The van der Waals surface area contributed by atoms with Gasteiger partial charge < -0.3 is 0 Å². The number of aryl methyl sites for hydroxylation is 1. The predicted molar refractivity (Wildman–Crippen MR) is 81.1 cm³/mol. The molecule has 0 saturated carbocycles. The highest BCUT2D eigenvalue weighted by atomic mass is 32.1. The van der Waals surface area contributed by atoms with Crippen molar-refractivity contribution < 1.29 is 0 Å². The quantitative estimate of drug-likeness (QED) is 0.651. The molecule has 0 aliphatic heterocycles. The summed E-state index contributed by atoms with van der Waals surface area (Å²) in [7, 11) is 0. The van der Waals surface area contributed by atoms with Crippen LogP contribution in [0, 0.1) is 0 Å². The molecule has 0 amide bonds. The zero-order chi connectivity index (χ0) is 13.8. The molecule has 0 N–H and O–H groups in total. The molecule has 0 fully saturated rings. The Morgan fingerprint density at radius 1 is 1.10 bits per heavy atom. The lowest BCUT2D eigenvalue weighted by Crippen LogP contribution is -1.98. The SMILES string of the molecule is CCCCCc1nn2c(Cc3ccccc3)nnc2s1. The minimum Gasteiger partial charge on any atom is -0.187 e. The number of rotatable bonds is 6. The number of hydrogen-bond donors (Lipinski definition) is 0. The fourth-order valence-corrected chi connectivity index (χ4v) is 3.11. The smallest absolute Gasteiger partial charge is 0.187 e. The van der Waals surface area contributed by atoms with E-state index in [0.29, 0.717) is 0 Å². The lowest BCUT2D eigenvalue weighted by molar-refractivity contribution is 0.702. The summed E-state index contributed by atoms with van der Waals surface area (Å²) >= 11 is 1.66. The lowest BCUT2D eigenvalue weighted by atomic mass is 10.1. The second-order valence-corrected chi connectivity index (χ2v) is 5.97. The first kappa shape index (κ1) is 13.2. The molecule has 104 valence electrons. The van der Waals surface area contributed by atoms with Gasteiger partial charge >= 0.3 is 0 Å². The number of unbranched alkanes of at least 4 members (excludes halogenated alkanes) is 2. The third-order valence-electron chi connectivity index (χ3n) is 3.30. The van der Waals surface area contributed by atoms with Crippen molar-refractivity contribution in [2.75, 3.05) is 0 Å². The molecule has 1 aromatic carbocycles. The van der Waals surface area contributed by atoms with Gasteiger partial charge in [-0.25, -0.2) is 0 Å². The molecule has 0 aliphatic rings. The van der Waals surface area contributed by atoms with Crippen molar-refractivity contribution in [1.29, 1.82) is 0 Å². The maximum atomic E-state index is 4.65. The molecular formula is C15H18N4S. The molecule has 3 aromatic rings. The van der Waals surface area contributed by atoms with Crippen LogP contribution in [-0.2, 0) is 12.8 Å². The molecule has 0 bridgehead atoms. The molecule has 0 saturated heterocycles. The van der Waals surface area contributed by atoms with Gasteiger partial charge in [-0.05, 0) is 12.0 Å². The van der Waals surface area contributed by atoms with Gasteiger partial charge in [-0.2, -0.15) is 9.61 Å². The van der Waals surface area contributed by atoms with E-state index in [1.807, 2.05) is 22.7 Å². The first-order valence-corrected chi connectivity index (χ1v) is 7.92. The summed E-state index contributed by atoms with van der Waals surface area (Å²) in [6.45, 7) is 2.22. The first-order chi connectivity index (χ1) is 9.86. The van der Waals surface area contributed by atoms with E-state index in [0.717, 1.165) is 28.6 Å². The predicted octanol–water partition coefficient (Wildman–Crippen LogP) is 3.51. The van der Waals surface area contributed by atoms with Gasteiger partial charge in [0.15, 0.2) is 5.82 Å². The number of benzene rings is 1. The molecule has 0 atom stereocenters. The zero-order valence-electron chi connectivity index (χ0n) is 11.6. The molecule has 2 heterocycles. The Labute approximate surface area is 122 Å². The van der Waals surface area contributed by atoms with E-state index >= 15 is 0 Å². The first-order valence-electron chi connectivity index (χ1n) is 7.10. The molecule has 20 heavy (non-hydrogen) atoms. The third kappa shape index (κ3) is 2.88. The Bertz CT molecular complexity index is 672. The monoisotopic (exact) mass is 286 g/mol. The summed E-state index contributed by atoms with van der Waals surface area (Å²) in [6, 6.07) is 10.3. The van der Waals surface area contributed by atoms with Gasteiger partial charge in [0, 0.05) is 12.8 Å².